The summed E-state index contributed by atoms with van der Waals surface area (Å²) >= 11 is 1.46. The van der Waals surface area contributed by atoms with Gasteiger partial charge in [0.15, 0.2) is 4.80 Å². The number of nitrogens with zero attached hydrogens (tertiary/aromatic N) is 2. The summed E-state index contributed by atoms with van der Waals surface area (Å²) in [6.45, 7) is 1.60. The summed E-state index contributed by atoms with van der Waals surface area (Å²) in [7, 11) is 1.64. The summed E-state index contributed by atoms with van der Waals surface area (Å²) in [5, 5.41) is 0. The summed E-state index contributed by atoms with van der Waals surface area (Å²) in [6.07, 6.45) is 2.86. The van der Waals surface area contributed by atoms with Crippen molar-refractivity contribution in [1.29, 1.82) is 0 Å². The smallest absolute Gasteiger partial charge is 0.270 e. The first kappa shape index (κ1) is 12.2. The average molecular weight is 274 g/mol. The standard InChI is InChI=1S/C14H14N2O2S/c1-18-11-5-3-10(4-6-11)9-12-13(17)16-8-2-7-15-14(16)19-12/h3-6,9H,2,7-8H2,1H3/b12-9+. The van der Waals surface area contributed by atoms with Gasteiger partial charge in [0.25, 0.3) is 5.56 Å². The fourth-order valence-corrected chi connectivity index (χ4v) is 3.11. The Morgan fingerprint density at radius 3 is 2.84 bits per heavy atom. The molecule has 1 aromatic carbocycles. The molecule has 2 heterocycles. The van der Waals surface area contributed by atoms with Crippen molar-refractivity contribution in [2.24, 2.45) is 4.99 Å². The number of ether oxygens (including phenoxy) is 1. The van der Waals surface area contributed by atoms with E-state index in [-0.39, 0.29) is 5.56 Å². The van der Waals surface area contributed by atoms with Gasteiger partial charge in [-0.3, -0.25) is 14.4 Å². The lowest BCUT2D eigenvalue weighted by atomic mass is 10.2. The van der Waals surface area contributed by atoms with Gasteiger partial charge >= 0.3 is 0 Å². The number of fused-ring (bicyclic) bond motifs is 1. The van der Waals surface area contributed by atoms with E-state index < -0.39 is 0 Å². The molecule has 0 saturated carbocycles. The van der Waals surface area contributed by atoms with Crippen molar-refractivity contribution >= 4 is 17.4 Å². The zero-order chi connectivity index (χ0) is 13.2. The van der Waals surface area contributed by atoms with Crippen LogP contribution in [-0.2, 0) is 6.54 Å². The van der Waals surface area contributed by atoms with Crippen molar-refractivity contribution in [2.45, 2.75) is 13.0 Å². The highest BCUT2D eigenvalue weighted by Crippen LogP contribution is 2.11. The van der Waals surface area contributed by atoms with Crippen LogP contribution in [0.2, 0.25) is 0 Å². The Bertz CT molecular complexity index is 756. The van der Waals surface area contributed by atoms with Crippen LogP contribution in [0.1, 0.15) is 12.0 Å². The van der Waals surface area contributed by atoms with Gasteiger partial charge in [-0.1, -0.05) is 23.5 Å². The van der Waals surface area contributed by atoms with Gasteiger partial charge in [-0.15, -0.1) is 0 Å². The average Bonchev–Trinajstić information content (AvgIpc) is 2.77. The van der Waals surface area contributed by atoms with E-state index >= 15 is 0 Å². The maximum absolute atomic E-state index is 12.2. The van der Waals surface area contributed by atoms with E-state index in [1.54, 1.807) is 11.7 Å². The maximum Gasteiger partial charge on any atom is 0.270 e. The molecule has 0 fully saturated rings. The van der Waals surface area contributed by atoms with E-state index in [1.165, 1.54) is 11.3 Å². The highest BCUT2D eigenvalue weighted by molar-refractivity contribution is 7.07. The van der Waals surface area contributed by atoms with Crippen molar-refractivity contribution in [3.05, 3.63) is 49.5 Å². The Balaban J connectivity index is 2.09. The van der Waals surface area contributed by atoms with Crippen LogP contribution in [0.3, 0.4) is 0 Å². The largest absolute Gasteiger partial charge is 0.497 e. The minimum Gasteiger partial charge on any atom is -0.497 e. The van der Waals surface area contributed by atoms with Gasteiger partial charge in [0.2, 0.25) is 0 Å². The molecule has 0 saturated heterocycles. The summed E-state index contributed by atoms with van der Waals surface area (Å²) in [4.78, 5) is 17.4. The molecule has 98 valence electrons. The first-order valence-corrected chi connectivity index (χ1v) is 6.99. The van der Waals surface area contributed by atoms with E-state index in [2.05, 4.69) is 4.99 Å². The summed E-state index contributed by atoms with van der Waals surface area (Å²) < 4.78 is 7.63. The van der Waals surface area contributed by atoms with E-state index in [0.717, 1.165) is 40.2 Å². The van der Waals surface area contributed by atoms with Crippen LogP contribution >= 0.6 is 11.3 Å². The van der Waals surface area contributed by atoms with E-state index in [9.17, 15) is 4.79 Å². The Morgan fingerprint density at radius 2 is 2.16 bits per heavy atom. The van der Waals surface area contributed by atoms with E-state index in [0.29, 0.717) is 0 Å². The lowest BCUT2D eigenvalue weighted by molar-refractivity contribution is 0.415. The highest BCUT2D eigenvalue weighted by atomic mass is 32.1. The number of rotatable bonds is 2. The summed E-state index contributed by atoms with van der Waals surface area (Å²) in [5.41, 5.74) is 1.07. The SMILES string of the molecule is COc1ccc(/C=c2/sc3n(c2=O)CCCN=3)cc1. The van der Waals surface area contributed by atoms with Gasteiger partial charge in [-0.2, -0.15) is 0 Å². The molecule has 0 amide bonds. The molecule has 1 aliphatic rings. The predicted molar refractivity (Wildman–Crippen MR) is 75.4 cm³/mol. The molecule has 0 N–H and O–H groups in total. The third-order valence-electron chi connectivity index (χ3n) is 3.09. The summed E-state index contributed by atoms with van der Waals surface area (Å²) in [6, 6.07) is 7.67. The number of benzene rings is 1. The van der Waals surface area contributed by atoms with Crippen LogP contribution in [0.15, 0.2) is 34.1 Å². The van der Waals surface area contributed by atoms with Crippen LogP contribution in [0.4, 0.5) is 0 Å². The second-order valence-electron chi connectivity index (χ2n) is 4.36. The van der Waals surface area contributed by atoms with Gasteiger partial charge in [-0.25, -0.2) is 0 Å². The molecule has 1 aromatic heterocycles. The second-order valence-corrected chi connectivity index (χ2v) is 5.37. The Kier molecular flexibility index (Phi) is 3.21. The Hall–Kier alpha value is -1.88. The van der Waals surface area contributed by atoms with Gasteiger partial charge in [0, 0.05) is 13.1 Å². The van der Waals surface area contributed by atoms with Crippen LogP contribution in [0.5, 0.6) is 5.75 Å². The number of hydrogen-bond acceptors (Lipinski definition) is 4. The van der Waals surface area contributed by atoms with Crippen LogP contribution in [-0.4, -0.2) is 18.2 Å². The van der Waals surface area contributed by atoms with Gasteiger partial charge in [-0.05, 0) is 30.2 Å². The molecule has 19 heavy (non-hydrogen) atoms. The van der Waals surface area contributed by atoms with Gasteiger partial charge < -0.3 is 4.74 Å². The minimum atomic E-state index is 0.0688. The van der Waals surface area contributed by atoms with Crippen LogP contribution in [0, 0.1) is 0 Å². The van der Waals surface area contributed by atoms with Crippen molar-refractivity contribution in [2.75, 3.05) is 13.7 Å². The molecule has 0 radical (unpaired) electrons. The number of hydrogen-bond donors (Lipinski definition) is 0. The fraction of sp³-hybridized carbons (Fsp3) is 0.286. The normalized spacial score (nSPS) is 14.9. The predicted octanol–water partition coefficient (Wildman–Crippen LogP) is 0.771. The molecule has 0 spiro atoms. The summed E-state index contributed by atoms with van der Waals surface area (Å²) in [5.74, 6) is 0.814. The number of thiazole rings is 1. The molecular weight excluding hydrogens is 260 g/mol. The minimum absolute atomic E-state index is 0.0688. The number of methoxy groups -OCH3 is 1. The lowest BCUT2D eigenvalue weighted by Gasteiger charge is -2.03. The van der Waals surface area contributed by atoms with Crippen molar-refractivity contribution in [3.63, 3.8) is 0 Å². The first-order valence-electron chi connectivity index (χ1n) is 6.18. The molecule has 0 aliphatic carbocycles. The van der Waals surface area contributed by atoms with Crippen molar-refractivity contribution in [1.82, 2.24) is 4.57 Å². The van der Waals surface area contributed by atoms with Gasteiger partial charge in [0.1, 0.15) is 5.75 Å². The zero-order valence-corrected chi connectivity index (χ0v) is 11.4. The van der Waals surface area contributed by atoms with E-state index in [4.69, 9.17) is 4.74 Å². The lowest BCUT2D eigenvalue weighted by Crippen LogP contribution is -2.33. The topological polar surface area (TPSA) is 43.6 Å². The van der Waals surface area contributed by atoms with Crippen molar-refractivity contribution < 1.29 is 4.74 Å². The van der Waals surface area contributed by atoms with Crippen LogP contribution < -0.4 is 19.6 Å². The zero-order valence-electron chi connectivity index (χ0n) is 10.6. The monoisotopic (exact) mass is 274 g/mol. The first-order chi connectivity index (χ1) is 9.28. The molecule has 1 aliphatic heterocycles. The van der Waals surface area contributed by atoms with Crippen LogP contribution in [0.25, 0.3) is 6.08 Å². The number of aromatic nitrogens is 1. The maximum atomic E-state index is 12.2. The Morgan fingerprint density at radius 1 is 1.37 bits per heavy atom. The fourth-order valence-electron chi connectivity index (χ4n) is 2.08. The third kappa shape index (κ3) is 2.33. The molecule has 2 aromatic rings. The van der Waals surface area contributed by atoms with Gasteiger partial charge in [0.05, 0.1) is 11.6 Å². The van der Waals surface area contributed by atoms with E-state index in [1.807, 2.05) is 30.3 Å². The Labute approximate surface area is 114 Å². The second kappa shape index (κ2) is 5.01. The third-order valence-corrected chi connectivity index (χ3v) is 4.13. The molecule has 4 nitrogen and oxygen atoms in total. The molecule has 0 atom stereocenters. The molecular formula is C14H14N2O2S. The highest BCUT2D eigenvalue weighted by Gasteiger charge is 2.08. The quantitative estimate of drug-likeness (QED) is 0.812. The molecule has 5 heteroatoms. The molecule has 0 bridgehead atoms. The van der Waals surface area contributed by atoms with Crippen molar-refractivity contribution in [3.8, 4) is 5.75 Å². The molecule has 0 unspecified atom stereocenters. The molecule has 3 rings (SSSR count).